The summed E-state index contributed by atoms with van der Waals surface area (Å²) in [7, 11) is 0. The van der Waals surface area contributed by atoms with Crippen LogP contribution in [0.2, 0.25) is 0 Å². The van der Waals surface area contributed by atoms with E-state index < -0.39 is 0 Å². The molecule has 0 radical (unpaired) electrons. The van der Waals surface area contributed by atoms with Crippen LogP contribution in [0, 0.1) is 6.92 Å². The van der Waals surface area contributed by atoms with Crippen LogP contribution in [0.25, 0.3) is 0 Å². The Balaban J connectivity index is 2.16. The summed E-state index contributed by atoms with van der Waals surface area (Å²) in [6.07, 6.45) is 3.14. The van der Waals surface area contributed by atoms with Crippen molar-refractivity contribution in [2.24, 2.45) is 0 Å². The quantitative estimate of drug-likeness (QED) is 0.638. The third-order valence-electron chi connectivity index (χ3n) is 2.65. The van der Waals surface area contributed by atoms with Crippen molar-refractivity contribution in [3.63, 3.8) is 0 Å². The molecule has 70 valence electrons. The normalized spacial score (nSPS) is 27.8. The lowest BCUT2D eigenvalue weighted by molar-refractivity contribution is 0.0555. The van der Waals surface area contributed by atoms with Gasteiger partial charge in [0.05, 0.1) is 12.2 Å². The topological polar surface area (TPSA) is 9.23 Å². The first-order valence-corrected chi connectivity index (χ1v) is 4.98. The predicted octanol–water partition coefficient (Wildman–Crippen LogP) is 3.24. The second-order valence-electron chi connectivity index (χ2n) is 3.93. The van der Waals surface area contributed by atoms with Gasteiger partial charge in [0.2, 0.25) is 0 Å². The molecule has 0 spiro atoms. The van der Waals surface area contributed by atoms with E-state index in [1.807, 2.05) is 0 Å². The van der Waals surface area contributed by atoms with Gasteiger partial charge in [0.1, 0.15) is 0 Å². The van der Waals surface area contributed by atoms with Crippen LogP contribution in [0.1, 0.15) is 37.0 Å². The number of aryl methyl sites for hydroxylation is 1. The lowest BCUT2D eigenvalue weighted by Gasteiger charge is -2.11. The molecule has 13 heavy (non-hydrogen) atoms. The molecule has 1 aliphatic rings. The zero-order valence-corrected chi connectivity index (χ0v) is 8.29. The number of hydrogen-bond donors (Lipinski definition) is 0. The van der Waals surface area contributed by atoms with E-state index >= 15 is 0 Å². The second kappa shape index (κ2) is 3.51. The first-order chi connectivity index (χ1) is 6.25. The highest BCUT2D eigenvalue weighted by atomic mass is 16.5. The molecule has 1 aromatic rings. The molecule has 2 atom stereocenters. The van der Waals surface area contributed by atoms with E-state index in [0.29, 0.717) is 12.2 Å². The van der Waals surface area contributed by atoms with Gasteiger partial charge >= 0.3 is 0 Å². The van der Waals surface area contributed by atoms with Crippen LogP contribution in [0.15, 0.2) is 24.3 Å². The molecule has 1 aliphatic heterocycles. The molecule has 1 heteroatoms. The fraction of sp³-hybridized carbons (Fsp3) is 0.500. The summed E-state index contributed by atoms with van der Waals surface area (Å²) in [4.78, 5) is 0. The highest BCUT2D eigenvalue weighted by Gasteiger charge is 2.22. The van der Waals surface area contributed by atoms with E-state index in [2.05, 4.69) is 38.1 Å². The molecular weight excluding hydrogens is 160 g/mol. The fourth-order valence-electron chi connectivity index (χ4n) is 1.92. The second-order valence-corrected chi connectivity index (χ2v) is 3.93. The lowest BCUT2D eigenvalue weighted by atomic mass is 10.0. The third-order valence-corrected chi connectivity index (χ3v) is 2.65. The number of hydrogen-bond acceptors (Lipinski definition) is 1. The Labute approximate surface area is 79.7 Å². The average molecular weight is 176 g/mol. The Hall–Kier alpha value is -0.820. The maximum Gasteiger partial charge on any atom is 0.0829 e. The van der Waals surface area contributed by atoms with Crippen molar-refractivity contribution in [1.29, 1.82) is 0 Å². The Morgan fingerprint density at radius 3 is 2.77 bits per heavy atom. The minimum atomic E-state index is 0.342. The summed E-state index contributed by atoms with van der Waals surface area (Å²) >= 11 is 0. The Morgan fingerprint density at radius 1 is 1.31 bits per heavy atom. The average Bonchev–Trinajstić information content (AvgIpc) is 2.52. The predicted molar refractivity (Wildman–Crippen MR) is 53.7 cm³/mol. The van der Waals surface area contributed by atoms with E-state index in [0.717, 1.165) is 0 Å². The molecule has 0 bridgehead atoms. The highest BCUT2D eigenvalue weighted by Crippen LogP contribution is 2.32. The third kappa shape index (κ3) is 1.92. The van der Waals surface area contributed by atoms with Gasteiger partial charge in [0, 0.05) is 0 Å². The maximum absolute atomic E-state index is 5.80. The van der Waals surface area contributed by atoms with Crippen molar-refractivity contribution in [1.82, 2.24) is 0 Å². The van der Waals surface area contributed by atoms with Gasteiger partial charge in [-0.05, 0) is 32.3 Å². The smallest absolute Gasteiger partial charge is 0.0829 e. The van der Waals surface area contributed by atoms with E-state index in [4.69, 9.17) is 4.74 Å². The monoisotopic (exact) mass is 176 g/mol. The van der Waals surface area contributed by atoms with Gasteiger partial charge in [0.25, 0.3) is 0 Å². The molecule has 0 amide bonds. The Bertz CT molecular complexity index is 293. The number of rotatable bonds is 1. The first-order valence-electron chi connectivity index (χ1n) is 4.98. The van der Waals surface area contributed by atoms with Crippen molar-refractivity contribution in [3.05, 3.63) is 35.4 Å². The van der Waals surface area contributed by atoms with E-state index in [9.17, 15) is 0 Å². The van der Waals surface area contributed by atoms with Gasteiger partial charge in [-0.1, -0.05) is 29.8 Å². The summed E-state index contributed by atoms with van der Waals surface area (Å²) in [5.41, 5.74) is 2.66. The van der Waals surface area contributed by atoms with Crippen molar-refractivity contribution < 1.29 is 4.74 Å². The standard InChI is InChI=1S/C12H16O/c1-9-4-3-5-11(8-9)12-7-6-10(2)13-12/h3-5,8,10,12H,6-7H2,1-2H3/t10-,12+/m0/s1. The summed E-state index contributed by atoms with van der Waals surface area (Å²) in [6.45, 7) is 4.28. The lowest BCUT2D eigenvalue weighted by Crippen LogP contribution is -2.00. The van der Waals surface area contributed by atoms with Crippen LogP contribution in [0.4, 0.5) is 0 Å². The minimum Gasteiger partial charge on any atom is -0.371 e. The zero-order chi connectivity index (χ0) is 9.26. The molecule has 0 unspecified atom stereocenters. The van der Waals surface area contributed by atoms with Gasteiger partial charge in [-0.2, -0.15) is 0 Å². The SMILES string of the molecule is Cc1cccc([C@H]2CC[C@H](C)O2)c1. The molecule has 1 nitrogen and oxygen atoms in total. The first kappa shape index (κ1) is 8.76. The summed E-state index contributed by atoms with van der Waals surface area (Å²) in [5.74, 6) is 0. The minimum absolute atomic E-state index is 0.342. The molecule has 2 rings (SSSR count). The van der Waals surface area contributed by atoms with Crippen molar-refractivity contribution in [2.45, 2.75) is 38.9 Å². The van der Waals surface area contributed by atoms with Crippen LogP contribution in [-0.4, -0.2) is 6.10 Å². The summed E-state index contributed by atoms with van der Waals surface area (Å²) < 4.78 is 5.80. The summed E-state index contributed by atoms with van der Waals surface area (Å²) in [6, 6.07) is 8.62. The van der Waals surface area contributed by atoms with Gasteiger partial charge in [0.15, 0.2) is 0 Å². The van der Waals surface area contributed by atoms with E-state index in [-0.39, 0.29) is 0 Å². The van der Waals surface area contributed by atoms with Crippen molar-refractivity contribution in [2.75, 3.05) is 0 Å². The van der Waals surface area contributed by atoms with Gasteiger partial charge in [-0.25, -0.2) is 0 Å². The molecule has 0 saturated carbocycles. The Morgan fingerprint density at radius 2 is 2.15 bits per heavy atom. The van der Waals surface area contributed by atoms with Crippen molar-refractivity contribution >= 4 is 0 Å². The highest BCUT2D eigenvalue weighted by molar-refractivity contribution is 5.24. The van der Waals surface area contributed by atoms with Crippen LogP contribution in [0.3, 0.4) is 0 Å². The molecule has 0 aliphatic carbocycles. The Kier molecular flexibility index (Phi) is 2.36. The van der Waals surface area contributed by atoms with Gasteiger partial charge in [-0.3, -0.25) is 0 Å². The molecule has 1 fully saturated rings. The van der Waals surface area contributed by atoms with E-state index in [1.165, 1.54) is 24.0 Å². The van der Waals surface area contributed by atoms with Crippen LogP contribution >= 0.6 is 0 Å². The number of ether oxygens (including phenoxy) is 1. The van der Waals surface area contributed by atoms with Crippen LogP contribution < -0.4 is 0 Å². The molecular formula is C12H16O. The molecule has 1 heterocycles. The molecule has 0 aromatic heterocycles. The molecule has 0 N–H and O–H groups in total. The van der Waals surface area contributed by atoms with Crippen molar-refractivity contribution in [3.8, 4) is 0 Å². The number of benzene rings is 1. The maximum atomic E-state index is 5.80. The van der Waals surface area contributed by atoms with Gasteiger partial charge < -0.3 is 4.74 Å². The fourth-order valence-corrected chi connectivity index (χ4v) is 1.92. The van der Waals surface area contributed by atoms with Crippen LogP contribution in [0.5, 0.6) is 0 Å². The molecule has 1 aromatic carbocycles. The summed E-state index contributed by atoms with van der Waals surface area (Å²) in [5, 5.41) is 0. The largest absolute Gasteiger partial charge is 0.371 e. The molecule has 1 saturated heterocycles. The van der Waals surface area contributed by atoms with Crippen LogP contribution in [-0.2, 0) is 4.74 Å². The van der Waals surface area contributed by atoms with Gasteiger partial charge in [-0.15, -0.1) is 0 Å². The zero-order valence-electron chi connectivity index (χ0n) is 8.29. The van der Waals surface area contributed by atoms with E-state index in [1.54, 1.807) is 0 Å².